The lowest BCUT2D eigenvalue weighted by Crippen LogP contribution is -2.04. The molecule has 0 fully saturated rings. The number of ether oxygens (including phenoxy) is 3. The fourth-order valence-electron chi connectivity index (χ4n) is 4.79. The van der Waals surface area contributed by atoms with Crippen LogP contribution in [0.3, 0.4) is 0 Å². The molecule has 7 nitrogen and oxygen atoms in total. The van der Waals surface area contributed by atoms with Gasteiger partial charge in [-0.1, -0.05) is 30.2 Å². The van der Waals surface area contributed by atoms with E-state index in [1.54, 1.807) is 7.11 Å². The van der Waals surface area contributed by atoms with Crippen LogP contribution in [-0.2, 0) is 17.8 Å². The topological polar surface area (TPSA) is 82.2 Å². The van der Waals surface area contributed by atoms with E-state index in [9.17, 15) is 0 Å². The number of thiophene rings is 1. The zero-order chi connectivity index (χ0) is 27.9. The Morgan fingerprint density at radius 1 is 0.950 bits per heavy atom. The van der Waals surface area contributed by atoms with E-state index < -0.39 is 0 Å². The van der Waals surface area contributed by atoms with E-state index >= 15 is 0 Å². The summed E-state index contributed by atoms with van der Waals surface area (Å²) in [5.41, 5.74) is 5.91. The molecule has 40 heavy (non-hydrogen) atoms. The van der Waals surface area contributed by atoms with Gasteiger partial charge in [-0.25, -0.2) is 5.10 Å². The number of tetrazole rings is 1. The molecule has 0 bridgehead atoms. The zero-order valence-corrected chi connectivity index (χ0v) is 24.0. The molecule has 0 aliphatic rings. The minimum absolute atomic E-state index is 0.00546. The lowest BCUT2D eigenvalue weighted by atomic mass is 9.96. The van der Waals surface area contributed by atoms with Gasteiger partial charge in [0.05, 0.1) is 12.5 Å². The molecule has 8 heteroatoms. The normalized spacial score (nSPS) is 11.7. The number of aromatic nitrogens is 4. The molecule has 0 aliphatic carbocycles. The Morgan fingerprint density at radius 2 is 1.77 bits per heavy atom. The number of H-pyrrole nitrogens is 1. The molecular weight excluding hydrogens is 520 g/mol. The fraction of sp³-hybridized carbons (Fsp3) is 0.281. The molecular formula is C32H32N4O3S. The Hall–Kier alpha value is -4.19. The molecule has 0 spiro atoms. The molecule has 0 aliphatic heterocycles. The van der Waals surface area contributed by atoms with Gasteiger partial charge in [0.1, 0.15) is 30.5 Å². The first kappa shape index (κ1) is 27.4. The number of aromatic amines is 1. The zero-order valence-electron chi connectivity index (χ0n) is 23.2. The standard InChI is InChI=1S/C32H32N4O3S/c1-5-6-25(19-31-33-35-36-34-31)24-8-10-26(11-9-24)39-20-23-7-14-30-29(18-23)32(22(3)40-30)28-13-12-27(17-21(28)2)38-16-15-37-4/h7-14,17-18,25H,15-16,19-20H2,1-4H3,(H,33,34,35,36). The van der Waals surface area contributed by atoms with Crippen LogP contribution < -0.4 is 9.47 Å². The van der Waals surface area contributed by atoms with Crippen LogP contribution in [0.1, 0.15) is 40.2 Å². The number of benzene rings is 3. The maximum absolute atomic E-state index is 6.18. The number of rotatable bonds is 11. The SMILES string of the molecule is CC#CC(Cc1nnn[nH]1)c1ccc(OCc2ccc3sc(C)c(-c4ccc(OCCOC)cc4C)c3c2)cc1. The summed E-state index contributed by atoms with van der Waals surface area (Å²) in [5.74, 6) is 8.66. The molecule has 204 valence electrons. The van der Waals surface area contributed by atoms with Crippen LogP contribution in [0.4, 0.5) is 0 Å². The second-order valence-electron chi connectivity index (χ2n) is 9.54. The van der Waals surface area contributed by atoms with E-state index in [1.807, 2.05) is 36.5 Å². The highest BCUT2D eigenvalue weighted by Crippen LogP contribution is 2.41. The third kappa shape index (κ3) is 6.33. The Labute approximate surface area is 238 Å². The maximum atomic E-state index is 6.18. The molecule has 1 N–H and O–H groups in total. The van der Waals surface area contributed by atoms with E-state index in [0.29, 0.717) is 32.1 Å². The third-order valence-electron chi connectivity index (χ3n) is 6.75. The van der Waals surface area contributed by atoms with Crippen molar-refractivity contribution in [3.8, 4) is 34.5 Å². The van der Waals surface area contributed by atoms with Crippen molar-refractivity contribution in [1.82, 2.24) is 20.6 Å². The highest BCUT2D eigenvalue weighted by molar-refractivity contribution is 7.19. The van der Waals surface area contributed by atoms with Crippen molar-refractivity contribution in [2.24, 2.45) is 0 Å². The van der Waals surface area contributed by atoms with Crippen LogP contribution in [0, 0.1) is 25.7 Å². The average Bonchev–Trinajstić information content (AvgIpc) is 3.59. The predicted octanol–water partition coefficient (Wildman–Crippen LogP) is 6.65. The molecule has 0 amide bonds. The van der Waals surface area contributed by atoms with Gasteiger partial charge in [-0.15, -0.1) is 22.4 Å². The predicted molar refractivity (Wildman–Crippen MR) is 159 cm³/mol. The van der Waals surface area contributed by atoms with E-state index in [0.717, 1.165) is 22.6 Å². The van der Waals surface area contributed by atoms with Gasteiger partial charge in [-0.05, 0) is 89.8 Å². The smallest absolute Gasteiger partial charge is 0.150 e. The van der Waals surface area contributed by atoms with Crippen LogP contribution >= 0.6 is 11.3 Å². The number of methoxy groups -OCH3 is 1. The van der Waals surface area contributed by atoms with Gasteiger partial charge in [0.25, 0.3) is 0 Å². The fourth-order valence-corrected chi connectivity index (χ4v) is 5.85. The number of aryl methyl sites for hydroxylation is 2. The number of nitrogens with one attached hydrogen (secondary N) is 1. The summed E-state index contributed by atoms with van der Waals surface area (Å²) >= 11 is 1.82. The molecule has 0 radical (unpaired) electrons. The highest BCUT2D eigenvalue weighted by atomic mass is 32.1. The molecule has 5 rings (SSSR count). The largest absolute Gasteiger partial charge is 0.491 e. The highest BCUT2D eigenvalue weighted by Gasteiger charge is 2.15. The summed E-state index contributed by atoms with van der Waals surface area (Å²) in [6.07, 6.45) is 0.624. The Balaban J connectivity index is 1.31. The molecule has 2 heterocycles. The summed E-state index contributed by atoms with van der Waals surface area (Å²) in [6.45, 7) is 7.76. The number of hydrogen-bond acceptors (Lipinski definition) is 7. The Bertz CT molecular complexity index is 1630. The number of fused-ring (bicyclic) bond motifs is 1. The summed E-state index contributed by atoms with van der Waals surface area (Å²) in [7, 11) is 1.68. The van der Waals surface area contributed by atoms with Gasteiger partial charge in [-0.3, -0.25) is 0 Å². The van der Waals surface area contributed by atoms with Gasteiger partial charge in [0.2, 0.25) is 0 Å². The van der Waals surface area contributed by atoms with E-state index in [1.165, 1.54) is 31.7 Å². The summed E-state index contributed by atoms with van der Waals surface area (Å²) in [5, 5.41) is 15.4. The van der Waals surface area contributed by atoms with Gasteiger partial charge >= 0.3 is 0 Å². The van der Waals surface area contributed by atoms with Crippen LogP contribution in [0.15, 0.2) is 60.7 Å². The second kappa shape index (κ2) is 12.8. The molecule has 1 unspecified atom stereocenters. The summed E-state index contributed by atoms with van der Waals surface area (Å²) in [6, 6.07) is 21.0. The molecule has 3 aromatic carbocycles. The van der Waals surface area contributed by atoms with Crippen molar-refractivity contribution in [3.05, 3.63) is 88.1 Å². The van der Waals surface area contributed by atoms with Crippen LogP contribution in [0.25, 0.3) is 21.2 Å². The molecule has 1 atom stereocenters. The first-order valence-electron chi connectivity index (χ1n) is 13.2. The van der Waals surface area contributed by atoms with Crippen molar-refractivity contribution in [2.75, 3.05) is 20.3 Å². The summed E-state index contributed by atoms with van der Waals surface area (Å²) in [4.78, 5) is 1.30. The molecule has 5 aromatic rings. The molecule has 0 saturated carbocycles. The number of nitrogens with zero attached hydrogens (tertiary/aromatic N) is 3. The van der Waals surface area contributed by atoms with Crippen molar-refractivity contribution in [1.29, 1.82) is 0 Å². The summed E-state index contributed by atoms with van der Waals surface area (Å²) < 4.78 is 18.4. The Morgan fingerprint density at radius 3 is 2.50 bits per heavy atom. The Kier molecular flexibility index (Phi) is 8.74. The van der Waals surface area contributed by atoms with E-state index in [-0.39, 0.29) is 5.92 Å². The van der Waals surface area contributed by atoms with Crippen LogP contribution in [0.2, 0.25) is 0 Å². The molecule has 2 aromatic heterocycles. The van der Waals surface area contributed by atoms with Gasteiger partial charge in [0, 0.05) is 34.1 Å². The van der Waals surface area contributed by atoms with Gasteiger partial charge in [0.15, 0.2) is 0 Å². The minimum atomic E-state index is 0.00546. The lowest BCUT2D eigenvalue weighted by Gasteiger charge is -2.12. The van der Waals surface area contributed by atoms with E-state index in [4.69, 9.17) is 14.2 Å². The van der Waals surface area contributed by atoms with Crippen molar-refractivity contribution >= 4 is 21.4 Å². The van der Waals surface area contributed by atoms with Crippen molar-refractivity contribution < 1.29 is 14.2 Å². The van der Waals surface area contributed by atoms with Crippen molar-refractivity contribution in [2.45, 2.75) is 39.7 Å². The quantitative estimate of drug-likeness (QED) is 0.146. The monoisotopic (exact) mass is 552 g/mol. The van der Waals surface area contributed by atoms with Gasteiger partial charge < -0.3 is 14.2 Å². The number of hydrogen-bond donors (Lipinski definition) is 1. The van der Waals surface area contributed by atoms with Crippen molar-refractivity contribution in [3.63, 3.8) is 0 Å². The minimum Gasteiger partial charge on any atom is -0.491 e. The average molecular weight is 553 g/mol. The van der Waals surface area contributed by atoms with Crippen LogP contribution in [-0.4, -0.2) is 40.9 Å². The van der Waals surface area contributed by atoms with Gasteiger partial charge in [-0.2, -0.15) is 0 Å². The first-order valence-corrected chi connectivity index (χ1v) is 14.0. The maximum Gasteiger partial charge on any atom is 0.150 e. The third-order valence-corrected chi connectivity index (χ3v) is 7.83. The first-order chi connectivity index (χ1) is 19.6. The van der Waals surface area contributed by atoms with Crippen LogP contribution in [0.5, 0.6) is 11.5 Å². The van der Waals surface area contributed by atoms with E-state index in [2.05, 4.69) is 88.8 Å². The lowest BCUT2D eigenvalue weighted by molar-refractivity contribution is 0.146. The molecule has 0 saturated heterocycles. The second-order valence-corrected chi connectivity index (χ2v) is 10.8.